The van der Waals surface area contributed by atoms with Gasteiger partial charge in [0.25, 0.3) is 10.0 Å². The van der Waals surface area contributed by atoms with Gasteiger partial charge in [-0.1, -0.05) is 34.1 Å². The van der Waals surface area contributed by atoms with Crippen LogP contribution in [0.25, 0.3) is 0 Å². The molecule has 0 unspecified atom stereocenters. The van der Waals surface area contributed by atoms with Gasteiger partial charge in [0.15, 0.2) is 0 Å². The smallest absolute Gasteiger partial charge is 0.274 e. The van der Waals surface area contributed by atoms with E-state index in [1.165, 1.54) is 6.07 Å². The molecule has 0 radical (unpaired) electrons. The molecule has 19 heavy (non-hydrogen) atoms. The Balaban J connectivity index is 2.12. The molecule has 0 bridgehead atoms. The predicted octanol–water partition coefficient (Wildman–Crippen LogP) is 1.98. The Labute approximate surface area is 120 Å². The van der Waals surface area contributed by atoms with Gasteiger partial charge in [-0.15, -0.1) is 0 Å². The van der Waals surface area contributed by atoms with E-state index in [1.807, 2.05) is 24.3 Å². The van der Waals surface area contributed by atoms with Gasteiger partial charge in [0.1, 0.15) is 5.76 Å². The molecule has 2 rings (SSSR count). The first-order valence-electron chi connectivity index (χ1n) is 5.55. The lowest BCUT2D eigenvalue weighted by Crippen LogP contribution is -2.23. The van der Waals surface area contributed by atoms with Gasteiger partial charge in [0.2, 0.25) is 5.09 Å². The lowest BCUT2D eigenvalue weighted by atomic mass is 10.2. The summed E-state index contributed by atoms with van der Waals surface area (Å²) in [5.74, 6) is 0.432. The third-order valence-corrected chi connectivity index (χ3v) is 4.56. The van der Waals surface area contributed by atoms with Crippen LogP contribution in [0, 0.1) is 0 Å². The zero-order chi connectivity index (χ0) is 13.9. The van der Waals surface area contributed by atoms with Crippen LogP contribution in [0.2, 0.25) is 0 Å². The van der Waals surface area contributed by atoms with Crippen molar-refractivity contribution in [2.75, 3.05) is 0 Å². The molecule has 0 aliphatic carbocycles. The van der Waals surface area contributed by atoms with Crippen LogP contribution in [-0.4, -0.2) is 8.42 Å². The van der Waals surface area contributed by atoms with Gasteiger partial charge >= 0.3 is 0 Å². The van der Waals surface area contributed by atoms with Crippen LogP contribution in [0.4, 0.5) is 0 Å². The molecular formula is C12H13BrN2O3S. The molecule has 0 aliphatic rings. The van der Waals surface area contributed by atoms with Gasteiger partial charge in [-0.2, -0.15) is 0 Å². The second-order valence-electron chi connectivity index (χ2n) is 3.84. The summed E-state index contributed by atoms with van der Waals surface area (Å²) in [6, 6.07) is 10.3. The minimum atomic E-state index is -3.66. The first-order chi connectivity index (χ1) is 9.03. The standard InChI is InChI=1S/C12H13BrN2O3S/c13-11-4-2-1-3-9(11)8-15-19(16,17)12-6-5-10(7-14)18-12/h1-6,15H,7-8,14H2. The van der Waals surface area contributed by atoms with Crippen LogP contribution >= 0.6 is 15.9 Å². The van der Waals surface area contributed by atoms with Crippen molar-refractivity contribution < 1.29 is 12.8 Å². The van der Waals surface area contributed by atoms with Crippen molar-refractivity contribution in [3.05, 3.63) is 52.2 Å². The minimum absolute atomic E-state index is 0.125. The van der Waals surface area contributed by atoms with Gasteiger partial charge in [0.05, 0.1) is 6.54 Å². The van der Waals surface area contributed by atoms with E-state index < -0.39 is 10.0 Å². The second kappa shape index (κ2) is 5.87. The molecule has 0 aliphatic heterocycles. The maximum atomic E-state index is 12.0. The Morgan fingerprint density at radius 1 is 1.21 bits per heavy atom. The molecule has 0 saturated carbocycles. The number of hydrogen-bond donors (Lipinski definition) is 2. The van der Waals surface area contributed by atoms with E-state index in [2.05, 4.69) is 20.7 Å². The highest BCUT2D eigenvalue weighted by molar-refractivity contribution is 9.10. The minimum Gasteiger partial charge on any atom is -0.447 e. The van der Waals surface area contributed by atoms with E-state index in [-0.39, 0.29) is 18.2 Å². The monoisotopic (exact) mass is 344 g/mol. The maximum Gasteiger partial charge on any atom is 0.274 e. The quantitative estimate of drug-likeness (QED) is 0.868. The molecule has 5 nitrogen and oxygen atoms in total. The fourth-order valence-corrected chi connectivity index (χ4v) is 2.87. The number of benzene rings is 1. The van der Waals surface area contributed by atoms with E-state index in [0.29, 0.717) is 5.76 Å². The molecule has 0 amide bonds. The Kier molecular flexibility index (Phi) is 4.41. The zero-order valence-electron chi connectivity index (χ0n) is 9.97. The fraction of sp³-hybridized carbons (Fsp3) is 0.167. The van der Waals surface area contributed by atoms with E-state index >= 15 is 0 Å². The Morgan fingerprint density at radius 2 is 1.95 bits per heavy atom. The van der Waals surface area contributed by atoms with Crippen molar-refractivity contribution in [3.8, 4) is 0 Å². The highest BCUT2D eigenvalue weighted by Crippen LogP contribution is 2.17. The molecule has 1 aromatic heterocycles. The zero-order valence-corrected chi connectivity index (χ0v) is 12.4. The largest absolute Gasteiger partial charge is 0.447 e. The molecule has 0 atom stereocenters. The van der Waals surface area contributed by atoms with E-state index in [0.717, 1.165) is 10.0 Å². The molecule has 7 heteroatoms. The summed E-state index contributed by atoms with van der Waals surface area (Å²) in [5.41, 5.74) is 6.22. The summed E-state index contributed by atoms with van der Waals surface area (Å²) in [6.45, 7) is 0.349. The van der Waals surface area contributed by atoms with Crippen LogP contribution in [0.3, 0.4) is 0 Å². The van der Waals surface area contributed by atoms with Gasteiger partial charge in [-0.3, -0.25) is 0 Å². The van der Waals surface area contributed by atoms with Crippen molar-refractivity contribution in [1.29, 1.82) is 0 Å². The molecule has 1 heterocycles. The second-order valence-corrected chi connectivity index (χ2v) is 6.39. The highest BCUT2D eigenvalue weighted by atomic mass is 79.9. The first-order valence-corrected chi connectivity index (χ1v) is 7.82. The van der Waals surface area contributed by atoms with Gasteiger partial charge in [-0.05, 0) is 23.8 Å². The number of nitrogens with two attached hydrogens (primary N) is 1. The topological polar surface area (TPSA) is 85.3 Å². The average molecular weight is 345 g/mol. The average Bonchev–Trinajstić information content (AvgIpc) is 2.87. The molecule has 0 spiro atoms. The van der Waals surface area contributed by atoms with Gasteiger partial charge in [-0.25, -0.2) is 13.1 Å². The Hall–Kier alpha value is -1.15. The molecule has 1 aromatic carbocycles. The summed E-state index contributed by atoms with van der Waals surface area (Å²) >= 11 is 3.36. The van der Waals surface area contributed by atoms with Crippen molar-refractivity contribution in [1.82, 2.24) is 4.72 Å². The molecule has 2 aromatic rings. The Morgan fingerprint density at radius 3 is 2.58 bits per heavy atom. The normalized spacial score (nSPS) is 11.7. The lowest BCUT2D eigenvalue weighted by Gasteiger charge is -2.06. The van der Waals surface area contributed by atoms with Gasteiger partial charge in [0, 0.05) is 11.0 Å². The number of rotatable bonds is 5. The van der Waals surface area contributed by atoms with Crippen LogP contribution in [-0.2, 0) is 23.1 Å². The number of halogens is 1. The van der Waals surface area contributed by atoms with Gasteiger partial charge < -0.3 is 10.2 Å². The summed E-state index contributed by atoms with van der Waals surface area (Å²) in [7, 11) is -3.66. The molecular weight excluding hydrogens is 332 g/mol. The van der Waals surface area contributed by atoms with Crippen molar-refractivity contribution in [3.63, 3.8) is 0 Å². The number of nitrogens with one attached hydrogen (secondary N) is 1. The molecule has 0 fully saturated rings. The van der Waals surface area contributed by atoms with E-state index in [1.54, 1.807) is 6.07 Å². The number of furan rings is 1. The number of sulfonamides is 1. The summed E-state index contributed by atoms with van der Waals surface area (Å²) in [5, 5.41) is -0.125. The third-order valence-electron chi connectivity index (χ3n) is 2.51. The molecule has 3 N–H and O–H groups in total. The van der Waals surface area contributed by atoms with Crippen LogP contribution in [0.15, 0.2) is 50.4 Å². The van der Waals surface area contributed by atoms with E-state index in [9.17, 15) is 8.42 Å². The third kappa shape index (κ3) is 3.44. The summed E-state index contributed by atoms with van der Waals surface area (Å²) in [6.07, 6.45) is 0. The Bertz CT molecular complexity index is 667. The van der Waals surface area contributed by atoms with Crippen molar-refractivity contribution >= 4 is 26.0 Å². The number of hydrogen-bond acceptors (Lipinski definition) is 4. The van der Waals surface area contributed by atoms with Crippen molar-refractivity contribution in [2.24, 2.45) is 5.73 Å². The first kappa shape index (κ1) is 14.3. The maximum absolute atomic E-state index is 12.0. The molecule has 102 valence electrons. The molecule has 0 saturated heterocycles. The predicted molar refractivity (Wildman–Crippen MR) is 74.8 cm³/mol. The van der Waals surface area contributed by atoms with E-state index in [4.69, 9.17) is 10.2 Å². The van der Waals surface area contributed by atoms with Crippen LogP contribution in [0.5, 0.6) is 0 Å². The van der Waals surface area contributed by atoms with Crippen LogP contribution < -0.4 is 10.5 Å². The van der Waals surface area contributed by atoms with Crippen molar-refractivity contribution in [2.45, 2.75) is 18.2 Å². The van der Waals surface area contributed by atoms with Crippen LogP contribution in [0.1, 0.15) is 11.3 Å². The SMILES string of the molecule is NCc1ccc(S(=O)(=O)NCc2ccccc2Br)o1. The fourth-order valence-electron chi connectivity index (χ4n) is 1.50. The summed E-state index contributed by atoms with van der Waals surface area (Å²) in [4.78, 5) is 0. The summed E-state index contributed by atoms with van der Waals surface area (Å²) < 4.78 is 32.4. The highest BCUT2D eigenvalue weighted by Gasteiger charge is 2.18. The lowest BCUT2D eigenvalue weighted by molar-refractivity contribution is 0.412.